The van der Waals surface area contributed by atoms with Crippen LogP contribution in [0.2, 0.25) is 0 Å². The average Bonchev–Trinajstić information content (AvgIpc) is 2.70. The first-order chi connectivity index (χ1) is 13.2. The van der Waals surface area contributed by atoms with Gasteiger partial charge in [-0.25, -0.2) is 0 Å². The topological polar surface area (TPSA) is 50.4 Å². The Morgan fingerprint density at radius 2 is 1.70 bits per heavy atom. The molecule has 3 rings (SSSR count). The SMILES string of the molecule is COc1cccc(NC(=O)[C@@H](NCc2ccc(C)cc2)c2ccccc2)c1. The highest BCUT2D eigenvalue weighted by atomic mass is 16.5. The Labute approximate surface area is 160 Å². The maximum absolute atomic E-state index is 13.0. The second kappa shape index (κ2) is 9.01. The van der Waals surface area contributed by atoms with Gasteiger partial charge in [0.05, 0.1) is 7.11 Å². The van der Waals surface area contributed by atoms with E-state index in [1.54, 1.807) is 13.2 Å². The second-order valence-electron chi connectivity index (χ2n) is 6.43. The Kier molecular flexibility index (Phi) is 6.23. The summed E-state index contributed by atoms with van der Waals surface area (Å²) in [5.74, 6) is 0.596. The minimum atomic E-state index is -0.460. The van der Waals surface area contributed by atoms with E-state index < -0.39 is 6.04 Å². The number of benzene rings is 3. The quantitative estimate of drug-likeness (QED) is 0.653. The first-order valence-corrected chi connectivity index (χ1v) is 8.94. The molecule has 0 saturated heterocycles. The van der Waals surface area contributed by atoms with Crippen molar-refractivity contribution in [3.05, 3.63) is 95.6 Å². The summed E-state index contributed by atoms with van der Waals surface area (Å²) < 4.78 is 5.23. The van der Waals surface area contributed by atoms with Crippen LogP contribution in [-0.4, -0.2) is 13.0 Å². The van der Waals surface area contributed by atoms with E-state index in [9.17, 15) is 4.79 Å². The van der Waals surface area contributed by atoms with Crippen LogP contribution >= 0.6 is 0 Å². The summed E-state index contributed by atoms with van der Waals surface area (Å²) in [5.41, 5.74) is 3.98. The largest absolute Gasteiger partial charge is 0.497 e. The third-order valence-corrected chi connectivity index (χ3v) is 4.36. The zero-order valence-corrected chi connectivity index (χ0v) is 15.6. The normalized spacial score (nSPS) is 11.6. The highest BCUT2D eigenvalue weighted by Crippen LogP contribution is 2.20. The number of hydrogen-bond donors (Lipinski definition) is 2. The number of nitrogens with one attached hydrogen (secondary N) is 2. The molecular formula is C23H24N2O2. The highest BCUT2D eigenvalue weighted by Gasteiger charge is 2.20. The summed E-state index contributed by atoms with van der Waals surface area (Å²) in [6.07, 6.45) is 0. The van der Waals surface area contributed by atoms with Gasteiger partial charge in [-0.2, -0.15) is 0 Å². The first-order valence-electron chi connectivity index (χ1n) is 8.94. The van der Waals surface area contributed by atoms with E-state index in [0.717, 1.165) is 11.1 Å². The maximum Gasteiger partial charge on any atom is 0.246 e. The van der Waals surface area contributed by atoms with Crippen LogP contribution < -0.4 is 15.4 Å². The van der Waals surface area contributed by atoms with Gasteiger partial charge < -0.3 is 10.1 Å². The molecule has 0 fully saturated rings. The molecule has 0 aliphatic rings. The summed E-state index contributed by atoms with van der Waals surface area (Å²) in [7, 11) is 1.61. The molecule has 4 heteroatoms. The summed E-state index contributed by atoms with van der Waals surface area (Å²) in [5, 5.41) is 6.36. The van der Waals surface area contributed by atoms with E-state index in [1.165, 1.54) is 5.56 Å². The van der Waals surface area contributed by atoms with Crippen molar-refractivity contribution < 1.29 is 9.53 Å². The van der Waals surface area contributed by atoms with Gasteiger partial charge >= 0.3 is 0 Å². The van der Waals surface area contributed by atoms with E-state index in [4.69, 9.17) is 4.74 Å². The Morgan fingerprint density at radius 1 is 0.963 bits per heavy atom. The fourth-order valence-electron chi connectivity index (χ4n) is 2.85. The van der Waals surface area contributed by atoms with Crippen molar-refractivity contribution in [1.29, 1.82) is 0 Å². The molecule has 0 aliphatic carbocycles. The molecule has 0 aliphatic heterocycles. The van der Waals surface area contributed by atoms with Gasteiger partial charge in [-0.05, 0) is 30.2 Å². The van der Waals surface area contributed by atoms with E-state index in [-0.39, 0.29) is 5.91 Å². The van der Waals surface area contributed by atoms with Gasteiger partial charge in [0, 0.05) is 18.3 Å². The molecule has 3 aromatic rings. The smallest absolute Gasteiger partial charge is 0.246 e. The van der Waals surface area contributed by atoms with E-state index >= 15 is 0 Å². The van der Waals surface area contributed by atoms with E-state index in [0.29, 0.717) is 18.0 Å². The van der Waals surface area contributed by atoms with Crippen molar-refractivity contribution in [3.8, 4) is 5.75 Å². The number of carbonyl (C=O) groups is 1. The van der Waals surface area contributed by atoms with Crippen LogP contribution in [0.3, 0.4) is 0 Å². The Bertz CT molecular complexity index is 876. The summed E-state index contributed by atoms with van der Waals surface area (Å²) in [4.78, 5) is 13.0. The minimum absolute atomic E-state index is 0.110. The van der Waals surface area contributed by atoms with Gasteiger partial charge in [-0.3, -0.25) is 10.1 Å². The lowest BCUT2D eigenvalue weighted by atomic mass is 10.1. The summed E-state index contributed by atoms with van der Waals surface area (Å²) in [6, 6.07) is 24.9. The van der Waals surface area contributed by atoms with Crippen LogP contribution in [0.1, 0.15) is 22.7 Å². The maximum atomic E-state index is 13.0. The summed E-state index contributed by atoms with van der Waals surface area (Å²) in [6.45, 7) is 2.66. The molecule has 0 bridgehead atoms. The standard InChI is InChI=1S/C23H24N2O2/c1-17-11-13-18(14-12-17)16-24-22(19-7-4-3-5-8-19)23(26)25-20-9-6-10-21(15-20)27-2/h3-15,22,24H,16H2,1-2H3,(H,25,26)/t22-/m0/s1. The van der Waals surface area contributed by atoms with Crippen molar-refractivity contribution in [2.24, 2.45) is 0 Å². The minimum Gasteiger partial charge on any atom is -0.497 e. The van der Waals surface area contributed by atoms with Crippen molar-refractivity contribution in [1.82, 2.24) is 5.32 Å². The highest BCUT2D eigenvalue weighted by molar-refractivity contribution is 5.95. The Morgan fingerprint density at radius 3 is 2.41 bits per heavy atom. The molecule has 27 heavy (non-hydrogen) atoms. The Hall–Kier alpha value is -3.11. The number of aryl methyl sites for hydroxylation is 1. The molecule has 2 N–H and O–H groups in total. The second-order valence-corrected chi connectivity index (χ2v) is 6.43. The number of hydrogen-bond acceptors (Lipinski definition) is 3. The van der Waals surface area contributed by atoms with Gasteiger partial charge in [-0.15, -0.1) is 0 Å². The lowest BCUT2D eigenvalue weighted by Crippen LogP contribution is -2.32. The van der Waals surface area contributed by atoms with E-state index in [1.807, 2.05) is 48.5 Å². The number of ether oxygens (including phenoxy) is 1. The number of carbonyl (C=O) groups excluding carboxylic acids is 1. The molecule has 4 nitrogen and oxygen atoms in total. The number of amides is 1. The number of rotatable bonds is 7. The van der Waals surface area contributed by atoms with Gasteiger partial charge in [0.2, 0.25) is 5.91 Å². The van der Waals surface area contributed by atoms with Crippen LogP contribution in [0, 0.1) is 6.92 Å². The van der Waals surface area contributed by atoms with Crippen LogP contribution in [0.5, 0.6) is 5.75 Å². The van der Waals surface area contributed by atoms with Gasteiger partial charge in [0.25, 0.3) is 0 Å². The van der Waals surface area contributed by atoms with Crippen molar-refractivity contribution in [2.45, 2.75) is 19.5 Å². The molecule has 0 spiro atoms. The molecule has 1 atom stereocenters. The van der Waals surface area contributed by atoms with Gasteiger partial charge in [0.1, 0.15) is 11.8 Å². The average molecular weight is 360 g/mol. The fourth-order valence-corrected chi connectivity index (χ4v) is 2.85. The number of methoxy groups -OCH3 is 1. The van der Waals surface area contributed by atoms with Crippen molar-refractivity contribution in [3.63, 3.8) is 0 Å². The summed E-state index contributed by atoms with van der Waals surface area (Å²) >= 11 is 0. The fraction of sp³-hybridized carbons (Fsp3) is 0.174. The lowest BCUT2D eigenvalue weighted by Gasteiger charge is -2.19. The van der Waals surface area contributed by atoms with Crippen molar-refractivity contribution >= 4 is 11.6 Å². The molecule has 3 aromatic carbocycles. The molecule has 0 unspecified atom stereocenters. The van der Waals surface area contributed by atoms with Crippen LogP contribution in [-0.2, 0) is 11.3 Å². The van der Waals surface area contributed by atoms with E-state index in [2.05, 4.69) is 41.8 Å². The predicted molar refractivity (Wildman–Crippen MR) is 109 cm³/mol. The molecule has 0 heterocycles. The number of anilines is 1. The monoisotopic (exact) mass is 360 g/mol. The molecule has 1 amide bonds. The molecule has 0 aromatic heterocycles. The predicted octanol–water partition coefficient (Wildman–Crippen LogP) is 4.47. The molecule has 138 valence electrons. The molecular weight excluding hydrogens is 336 g/mol. The molecule has 0 saturated carbocycles. The Balaban J connectivity index is 1.76. The third kappa shape index (κ3) is 5.19. The van der Waals surface area contributed by atoms with Crippen molar-refractivity contribution in [2.75, 3.05) is 12.4 Å². The lowest BCUT2D eigenvalue weighted by molar-refractivity contribution is -0.118. The van der Waals surface area contributed by atoms with Gasteiger partial charge in [-0.1, -0.05) is 66.2 Å². The molecule has 0 radical (unpaired) electrons. The third-order valence-electron chi connectivity index (χ3n) is 4.36. The zero-order valence-electron chi connectivity index (χ0n) is 15.6. The van der Waals surface area contributed by atoms with Crippen LogP contribution in [0.25, 0.3) is 0 Å². The zero-order chi connectivity index (χ0) is 19.1. The van der Waals surface area contributed by atoms with Gasteiger partial charge in [0.15, 0.2) is 0 Å². The van der Waals surface area contributed by atoms with Crippen LogP contribution in [0.4, 0.5) is 5.69 Å². The first kappa shape index (κ1) is 18.7. The van der Waals surface area contributed by atoms with Crippen LogP contribution in [0.15, 0.2) is 78.9 Å².